The molecule has 0 radical (unpaired) electrons. The lowest BCUT2D eigenvalue weighted by atomic mass is 9.92. The van der Waals surface area contributed by atoms with Crippen LogP contribution in [0.15, 0.2) is 72.8 Å². The first-order valence-electron chi connectivity index (χ1n) is 8.77. The Morgan fingerprint density at radius 3 is 1.33 bits per heavy atom. The zero-order valence-corrected chi connectivity index (χ0v) is 16.7. The lowest BCUT2D eigenvalue weighted by Crippen LogP contribution is -1.94. The number of benzene rings is 4. The molecule has 0 unspecified atom stereocenters. The van der Waals surface area contributed by atoms with E-state index in [1.54, 1.807) is 48.5 Å². The van der Waals surface area contributed by atoms with Crippen LogP contribution in [-0.4, -0.2) is 9.85 Å². The van der Waals surface area contributed by atoms with Crippen molar-refractivity contribution in [2.45, 2.75) is 0 Å². The summed E-state index contributed by atoms with van der Waals surface area (Å²) in [5.74, 6) is 0. The molecule has 4 aromatic carbocycles. The van der Waals surface area contributed by atoms with Gasteiger partial charge < -0.3 is 0 Å². The van der Waals surface area contributed by atoms with Gasteiger partial charge in [0, 0.05) is 22.2 Å². The van der Waals surface area contributed by atoms with Gasteiger partial charge in [0.25, 0.3) is 11.4 Å². The van der Waals surface area contributed by atoms with Crippen LogP contribution in [0.3, 0.4) is 0 Å². The fourth-order valence-corrected chi connectivity index (χ4v) is 3.88. The standard InChI is InChI=1S/C22H12Cl2N2O4/c23-13-7-9-19(21(11-13)25(27)28)17-5-1-3-15-16(17)4-2-6-18(15)20-10-8-14(24)12-22(20)26(29)30/h1-12H. The van der Waals surface area contributed by atoms with Crippen LogP contribution in [0.25, 0.3) is 33.0 Å². The van der Waals surface area contributed by atoms with E-state index in [1.165, 1.54) is 12.1 Å². The van der Waals surface area contributed by atoms with Crippen molar-refractivity contribution in [1.82, 2.24) is 0 Å². The van der Waals surface area contributed by atoms with Gasteiger partial charge in [0.1, 0.15) is 0 Å². The Hall–Kier alpha value is -3.48. The van der Waals surface area contributed by atoms with Crippen molar-refractivity contribution >= 4 is 45.3 Å². The van der Waals surface area contributed by atoms with Gasteiger partial charge in [-0.3, -0.25) is 20.2 Å². The summed E-state index contributed by atoms with van der Waals surface area (Å²) >= 11 is 11.9. The molecule has 0 aromatic heterocycles. The Bertz CT molecular complexity index is 1240. The summed E-state index contributed by atoms with van der Waals surface area (Å²) in [6.07, 6.45) is 0. The van der Waals surface area contributed by atoms with Crippen LogP contribution >= 0.6 is 23.2 Å². The molecule has 0 fully saturated rings. The molecule has 8 heteroatoms. The SMILES string of the molecule is O=[N+]([O-])c1cc(Cl)ccc1-c1cccc2c(-c3ccc(Cl)cc3[N+](=O)[O-])cccc12. The fraction of sp³-hybridized carbons (Fsp3) is 0. The van der Waals surface area contributed by atoms with Crippen molar-refractivity contribution in [2.24, 2.45) is 0 Å². The van der Waals surface area contributed by atoms with Crippen LogP contribution in [0.5, 0.6) is 0 Å². The molecule has 148 valence electrons. The molecule has 0 heterocycles. The Kier molecular flexibility index (Phi) is 5.11. The summed E-state index contributed by atoms with van der Waals surface area (Å²) in [5.41, 5.74) is 1.87. The fourth-order valence-electron chi connectivity index (χ4n) is 3.55. The summed E-state index contributed by atoms with van der Waals surface area (Å²) in [6, 6.07) is 19.8. The van der Waals surface area contributed by atoms with Crippen LogP contribution in [0.1, 0.15) is 0 Å². The third-order valence-corrected chi connectivity index (χ3v) is 5.29. The van der Waals surface area contributed by atoms with E-state index in [1.807, 2.05) is 12.1 Å². The van der Waals surface area contributed by atoms with Crippen LogP contribution in [-0.2, 0) is 0 Å². The molecular formula is C22H12Cl2N2O4. The van der Waals surface area contributed by atoms with Gasteiger partial charge >= 0.3 is 0 Å². The largest absolute Gasteiger partial charge is 0.278 e. The molecule has 0 saturated heterocycles. The van der Waals surface area contributed by atoms with E-state index >= 15 is 0 Å². The van der Waals surface area contributed by atoms with Crippen LogP contribution < -0.4 is 0 Å². The average molecular weight is 439 g/mol. The van der Waals surface area contributed by atoms with Gasteiger partial charge in [0.05, 0.1) is 21.0 Å². The van der Waals surface area contributed by atoms with Gasteiger partial charge in [-0.1, -0.05) is 59.6 Å². The predicted octanol–water partition coefficient (Wildman–Crippen LogP) is 7.30. The van der Waals surface area contributed by atoms with E-state index < -0.39 is 9.85 Å². The highest BCUT2D eigenvalue weighted by molar-refractivity contribution is 6.31. The van der Waals surface area contributed by atoms with Gasteiger partial charge in [-0.25, -0.2) is 0 Å². The highest BCUT2D eigenvalue weighted by atomic mass is 35.5. The second-order valence-electron chi connectivity index (χ2n) is 6.54. The van der Waals surface area contributed by atoms with Crippen molar-refractivity contribution in [3.63, 3.8) is 0 Å². The van der Waals surface area contributed by atoms with Gasteiger partial charge in [-0.05, 0) is 46.2 Å². The summed E-state index contributed by atoms with van der Waals surface area (Å²) in [5, 5.41) is 25.2. The van der Waals surface area contributed by atoms with E-state index in [2.05, 4.69) is 0 Å². The number of fused-ring (bicyclic) bond motifs is 1. The Balaban J connectivity index is 2.02. The lowest BCUT2D eigenvalue weighted by Gasteiger charge is -2.12. The van der Waals surface area contributed by atoms with Crippen molar-refractivity contribution < 1.29 is 9.85 Å². The van der Waals surface area contributed by atoms with Crippen molar-refractivity contribution in [1.29, 1.82) is 0 Å². The second kappa shape index (κ2) is 7.74. The third-order valence-electron chi connectivity index (χ3n) is 4.82. The summed E-state index contributed by atoms with van der Waals surface area (Å²) in [7, 11) is 0. The average Bonchev–Trinajstić information content (AvgIpc) is 2.73. The van der Waals surface area contributed by atoms with Crippen LogP contribution in [0.2, 0.25) is 10.0 Å². The maximum absolute atomic E-state index is 11.6. The Morgan fingerprint density at radius 2 is 0.967 bits per heavy atom. The van der Waals surface area contributed by atoms with E-state index in [4.69, 9.17) is 23.2 Å². The van der Waals surface area contributed by atoms with Gasteiger partial charge in [0.2, 0.25) is 0 Å². The third kappa shape index (κ3) is 3.47. The molecule has 0 spiro atoms. The smallest absolute Gasteiger partial charge is 0.258 e. The minimum absolute atomic E-state index is 0.113. The van der Waals surface area contributed by atoms with E-state index in [-0.39, 0.29) is 21.4 Å². The zero-order valence-electron chi connectivity index (χ0n) is 15.2. The topological polar surface area (TPSA) is 86.3 Å². The molecular weight excluding hydrogens is 427 g/mol. The molecule has 0 N–H and O–H groups in total. The summed E-state index contributed by atoms with van der Waals surface area (Å²) in [4.78, 5) is 22.2. The molecule has 0 amide bonds. The summed E-state index contributed by atoms with van der Waals surface area (Å²) < 4.78 is 0. The van der Waals surface area contributed by atoms with Gasteiger partial charge in [-0.2, -0.15) is 0 Å². The molecule has 0 aliphatic heterocycles. The molecule has 0 aliphatic carbocycles. The van der Waals surface area contributed by atoms with Crippen molar-refractivity contribution in [3.8, 4) is 22.3 Å². The summed E-state index contributed by atoms with van der Waals surface area (Å²) in [6.45, 7) is 0. The molecule has 0 saturated carbocycles. The Morgan fingerprint density at radius 1 is 0.567 bits per heavy atom. The monoisotopic (exact) mass is 438 g/mol. The number of nitro groups is 2. The van der Waals surface area contributed by atoms with Crippen LogP contribution in [0, 0.1) is 20.2 Å². The molecule has 30 heavy (non-hydrogen) atoms. The molecule has 0 bridgehead atoms. The molecule has 4 rings (SSSR count). The van der Waals surface area contributed by atoms with Gasteiger partial charge in [0.15, 0.2) is 0 Å². The highest BCUT2D eigenvalue weighted by Gasteiger charge is 2.21. The normalized spacial score (nSPS) is 10.9. The zero-order chi connectivity index (χ0) is 21.4. The molecule has 0 atom stereocenters. The second-order valence-corrected chi connectivity index (χ2v) is 7.42. The van der Waals surface area contributed by atoms with E-state index in [0.29, 0.717) is 22.3 Å². The number of halogens is 2. The van der Waals surface area contributed by atoms with E-state index in [0.717, 1.165) is 10.8 Å². The molecule has 4 aromatic rings. The maximum atomic E-state index is 11.6. The first-order valence-corrected chi connectivity index (χ1v) is 9.53. The lowest BCUT2D eigenvalue weighted by molar-refractivity contribution is -0.384. The van der Waals surface area contributed by atoms with Gasteiger partial charge in [-0.15, -0.1) is 0 Å². The number of hydrogen-bond acceptors (Lipinski definition) is 4. The van der Waals surface area contributed by atoms with E-state index in [9.17, 15) is 20.2 Å². The Labute approximate surface area is 180 Å². The molecule has 0 aliphatic rings. The number of nitro benzene ring substituents is 2. The minimum atomic E-state index is -0.478. The number of hydrogen-bond donors (Lipinski definition) is 0. The first-order chi connectivity index (χ1) is 14.4. The minimum Gasteiger partial charge on any atom is -0.258 e. The maximum Gasteiger partial charge on any atom is 0.278 e. The number of rotatable bonds is 4. The van der Waals surface area contributed by atoms with Crippen molar-refractivity contribution in [2.75, 3.05) is 0 Å². The molecule has 6 nitrogen and oxygen atoms in total. The quantitative estimate of drug-likeness (QED) is 0.247. The van der Waals surface area contributed by atoms with Crippen LogP contribution in [0.4, 0.5) is 11.4 Å². The first kappa shape index (κ1) is 19.8. The van der Waals surface area contributed by atoms with Crippen molar-refractivity contribution in [3.05, 3.63) is 103 Å². The highest BCUT2D eigenvalue weighted by Crippen LogP contribution is 2.41. The number of nitrogens with zero attached hydrogens (tertiary/aromatic N) is 2. The predicted molar refractivity (Wildman–Crippen MR) is 118 cm³/mol.